The smallest absolute Gasteiger partial charge is 0.232 e. The minimum absolute atomic E-state index is 0.0881. The standard InChI is InChI=1S/C17H17NO2/c1-11-4-3-5-14-15(17(19)18-16(11)14)10-12-6-8-13(20-2)9-7-12/h3-9,15H,10H2,1-2H3,(H,18,19)/t15-/m0/s1. The predicted octanol–water partition coefficient (Wildman–Crippen LogP) is 3.28. The van der Waals surface area contributed by atoms with E-state index in [0.29, 0.717) is 6.42 Å². The summed E-state index contributed by atoms with van der Waals surface area (Å²) in [7, 11) is 1.65. The highest BCUT2D eigenvalue weighted by Gasteiger charge is 2.31. The van der Waals surface area contributed by atoms with Crippen molar-refractivity contribution in [2.75, 3.05) is 12.4 Å². The van der Waals surface area contributed by atoms with Crippen LogP contribution in [0.4, 0.5) is 5.69 Å². The minimum atomic E-state index is -0.0988. The predicted molar refractivity (Wildman–Crippen MR) is 79.2 cm³/mol. The molecule has 0 bridgehead atoms. The van der Waals surface area contributed by atoms with Crippen molar-refractivity contribution in [2.45, 2.75) is 19.3 Å². The van der Waals surface area contributed by atoms with Gasteiger partial charge in [0, 0.05) is 5.69 Å². The molecule has 3 nitrogen and oxygen atoms in total. The molecule has 0 radical (unpaired) electrons. The molecule has 1 amide bonds. The summed E-state index contributed by atoms with van der Waals surface area (Å²) in [6.45, 7) is 2.02. The molecule has 0 saturated carbocycles. The van der Waals surface area contributed by atoms with Crippen molar-refractivity contribution in [3.8, 4) is 5.75 Å². The summed E-state index contributed by atoms with van der Waals surface area (Å²) in [6, 6.07) is 14.0. The van der Waals surface area contributed by atoms with E-state index in [1.165, 1.54) is 0 Å². The molecule has 1 aliphatic rings. The number of benzene rings is 2. The second-order valence-electron chi connectivity index (χ2n) is 5.13. The lowest BCUT2D eigenvalue weighted by Gasteiger charge is -2.10. The Labute approximate surface area is 118 Å². The third-order valence-corrected chi connectivity index (χ3v) is 3.84. The molecule has 0 saturated heterocycles. The second kappa shape index (κ2) is 5.00. The van der Waals surface area contributed by atoms with E-state index in [1.54, 1.807) is 7.11 Å². The fourth-order valence-corrected chi connectivity index (χ4v) is 2.70. The van der Waals surface area contributed by atoms with Gasteiger partial charge in [-0.1, -0.05) is 30.3 Å². The summed E-state index contributed by atoms with van der Waals surface area (Å²) in [4.78, 5) is 12.2. The van der Waals surface area contributed by atoms with Crippen molar-refractivity contribution in [3.05, 3.63) is 59.2 Å². The van der Waals surface area contributed by atoms with Crippen LogP contribution in [-0.2, 0) is 11.2 Å². The number of hydrogen-bond acceptors (Lipinski definition) is 2. The van der Waals surface area contributed by atoms with E-state index >= 15 is 0 Å². The van der Waals surface area contributed by atoms with Crippen LogP contribution in [0.15, 0.2) is 42.5 Å². The van der Waals surface area contributed by atoms with Crippen LogP contribution in [0, 0.1) is 6.92 Å². The fraction of sp³-hybridized carbons (Fsp3) is 0.235. The van der Waals surface area contributed by atoms with Crippen molar-refractivity contribution >= 4 is 11.6 Å². The third kappa shape index (κ3) is 2.16. The Morgan fingerprint density at radius 3 is 2.60 bits per heavy atom. The second-order valence-corrected chi connectivity index (χ2v) is 5.13. The van der Waals surface area contributed by atoms with Crippen molar-refractivity contribution < 1.29 is 9.53 Å². The van der Waals surface area contributed by atoms with Crippen LogP contribution in [0.3, 0.4) is 0 Å². The summed E-state index contributed by atoms with van der Waals surface area (Å²) in [5.74, 6) is 0.823. The minimum Gasteiger partial charge on any atom is -0.497 e. The zero-order valence-electron chi connectivity index (χ0n) is 11.6. The largest absolute Gasteiger partial charge is 0.497 e. The Hall–Kier alpha value is -2.29. The van der Waals surface area contributed by atoms with Gasteiger partial charge in [-0.2, -0.15) is 0 Å². The monoisotopic (exact) mass is 267 g/mol. The highest BCUT2D eigenvalue weighted by molar-refractivity contribution is 6.03. The number of ether oxygens (including phenoxy) is 1. The summed E-state index contributed by atoms with van der Waals surface area (Å²) in [5, 5.41) is 2.99. The lowest BCUT2D eigenvalue weighted by Crippen LogP contribution is -2.14. The molecule has 20 heavy (non-hydrogen) atoms. The van der Waals surface area contributed by atoms with Crippen LogP contribution in [-0.4, -0.2) is 13.0 Å². The summed E-state index contributed by atoms with van der Waals surface area (Å²) >= 11 is 0. The van der Waals surface area contributed by atoms with Crippen molar-refractivity contribution in [1.29, 1.82) is 0 Å². The number of aryl methyl sites for hydroxylation is 1. The van der Waals surface area contributed by atoms with Gasteiger partial charge >= 0.3 is 0 Å². The quantitative estimate of drug-likeness (QED) is 0.926. The number of carbonyl (C=O) groups is 1. The van der Waals surface area contributed by atoms with E-state index in [-0.39, 0.29) is 11.8 Å². The Balaban J connectivity index is 1.88. The number of nitrogens with one attached hydrogen (secondary N) is 1. The highest BCUT2D eigenvalue weighted by Crippen LogP contribution is 2.36. The van der Waals surface area contributed by atoms with Crippen LogP contribution in [0.25, 0.3) is 0 Å². The number of carbonyl (C=O) groups excluding carboxylic acids is 1. The fourth-order valence-electron chi connectivity index (χ4n) is 2.70. The maximum Gasteiger partial charge on any atom is 0.232 e. The number of para-hydroxylation sites is 1. The number of methoxy groups -OCH3 is 1. The van der Waals surface area contributed by atoms with Gasteiger partial charge in [-0.05, 0) is 42.2 Å². The summed E-state index contributed by atoms with van der Waals surface area (Å²) < 4.78 is 5.15. The van der Waals surface area contributed by atoms with Crippen LogP contribution in [0.5, 0.6) is 5.75 Å². The molecule has 3 heteroatoms. The van der Waals surface area contributed by atoms with Crippen LogP contribution >= 0.6 is 0 Å². The maximum atomic E-state index is 12.2. The number of anilines is 1. The van der Waals surface area contributed by atoms with E-state index in [9.17, 15) is 4.79 Å². The van der Waals surface area contributed by atoms with Gasteiger partial charge in [-0.25, -0.2) is 0 Å². The first-order valence-electron chi connectivity index (χ1n) is 6.72. The topological polar surface area (TPSA) is 38.3 Å². The van der Waals surface area contributed by atoms with Crippen molar-refractivity contribution in [3.63, 3.8) is 0 Å². The maximum absolute atomic E-state index is 12.2. The molecule has 1 heterocycles. The molecule has 0 unspecified atom stereocenters. The SMILES string of the molecule is COc1ccc(C[C@@H]2C(=O)Nc3c(C)cccc32)cc1. The van der Waals surface area contributed by atoms with Gasteiger partial charge in [0.25, 0.3) is 0 Å². The first-order chi connectivity index (χ1) is 9.69. The van der Waals surface area contributed by atoms with Gasteiger partial charge in [0.05, 0.1) is 13.0 Å². The summed E-state index contributed by atoms with van der Waals surface area (Å²) in [5.41, 5.74) is 4.34. The number of rotatable bonds is 3. The van der Waals surface area contributed by atoms with Gasteiger partial charge < -0.3 is 10.1 Å². The molecule has 0 fully saturated rings. The van der Waals surface area contributed by atoms with Gasteiger partial charge in [0.1, 0.15) is 5.75 Å². The average molecular weight is 267 g/mol. The van der Waals surface area contributed by atoms with Gasteiger partial charge in [-0.3, -0.25) is 4.79 Å². The Morgan fingerprint density at radius 1 is 1.15 bits per heavy atom. The molecule has 1 atom stereocenters. The molecule has 0 aliphatic carbocycles. The molecule has 2 aromatic carbocycles. The summed E-state index contributed by atoms with van der Waals surface area (Å²) in [6.07, 6.45) is 0.715. The molecular formula is C17H17NO2. The zero-order valence-corrected chi connectivity index (χ0v) is 11.6. The number of amides is 1. The zero-order chi connectivity index (χ0) is 14.1. The molecular weight excluding hydrogens is 250 g/mol. The Bertz CT molecular complexity index is 647. The number of hydrogen-bond donors (Lipinski definition) is 1. The Morgan fingerprint density at radius 2 is 1.90 bits per heavy atom. The van der Waals surface area contributed by atoms with E-state index in [2.05, 4.69) is 5.32 Å². The van der Waals surface area contributed by atoms with Crippen LogP contribution in [0.1, 0.15) is 22.6 Å². The van der Waals surface area contributed by atoms with Gasteiger partial charge in [0.2, 0.25) is 5.91 Å². The number of fused-ring (bicyclic) bond motifs is 1. The molecule has 0 spiro atoms. The van der Waals surface area contributed by atoms with E-state index in [0.717, 1.165) is 28.1 Å². The van der Waals surface area contributed by atoms with E-state index in [1.807, 2.05) is 49.4 Å². The molecule has 1 N–H and O–H groups in total. The average Bonchev–Trinajstić information content (AvgIpc) is 2.78. The molecule has 2 aromatic rings. The lowest BCUT2D eigenvalue weighted by atomic mass is 9.92. The Kier molecular flexibility index (Phi) is 3.18. The van der Waals surface area contributed by atoms with E-state index < -0.39 is 0 Å². The molecule has 102 valence electrons. The highest BCUT2D eigenvalue weighted by atomic mass is 16.5. The van der Waals surface area contributed by atoms with Gasteiger partial charge in [0.15, 0.2) is 0 Å². The van der Waals surface area contributed by atoms with Crippen LogP contribution in [0.2, 0.25) is 0 Å². The first kappa shape index (κ1) is 12.7. The molecule has 1 aliphatic heterocycles. The van der Waals surface area contributed by atoms with Crippen molar-refractivity contribution in [2.24, 2.45) is 0 Å². The first-order valence-corrected chi connectivity index (χ1v) is 6.72. The molecule has 3 rings (SSSR count). The van der Waals surface area contributed by atoms with Crippen molar-refractivity contribution in [1.82, 2.24) is 0 Å². The van der Waals surface area contributed by atoms with E-state index in [4.69, 9.17) is 4.74 Å². The van der Waals surface area contributed by atoms with Crippen LogP contribution < -0.4 is 10.1 Å². The molecule has 0 aromatic heterocycles. The third-order valence-electron chi connectivity index (χ3n) is 3.84. The normalized spacial score (nSPS) is 16.7. The lowest BCUT2D eigenvalue weighted by molar-refractivity contribution is -0.117. The van der Waals surface area contributed by atoms with Gasteiger partial charge in [-0.15, -0.1) is 0 Å².